The maximum Gasteiger partial charge on any atom is 0.258 e. The van der Waals surface area contributed by atoms with Crippen molar-refractivity contribution < 1.29 is 29.0 Å². The molecule has 5 rings (SSSR count). The largest absolute Gasteiger partial charge is 0.483 e. The summed E-state index contributed by atoms with van der Waals surface area (Å²) < 4.78 is 5.93. The minimum atomic E-state index is -1.08. The Balaban J connectivity index is 1.29. The molecule has 58 heavy (non-hydrogen) atoms. The van der Waals surface area contributed by atoms with Gasteiger partial charge in [-0.25, -0.2) is 4.98 Å². The first-order valence-corrected chi connectivity index (χ1v) is 20.9. The van der Waals surface area contributed by atoms with Gasteiger partial charge in [0.15, 0.2) is 6.61 Å². The number of fused-ring (bicyclic) bond motifs is 1. The molecule has 6 N–H and O–H groups in total. The van der Waals surface area contributed by atoms with E-state index in [0.29, 0.717) is 30.0 Å². The minimum Gasteiger partial charge on any atom is -0.483 e. The van der Waals surface area contributed by atoms with E-state index < -0.39 is 42.0 Å². The number of amides is 4. The molecule has 6 atom stereocenters. The molecule has 0 saturated heterocycles. The van der Waals surface area contributed by atoms with Gasteiger partial charge in [-0.15, -0.1) is 0 Å². The Morgan fingerprint density at radius 2 is 1.66 bits per heavy atom. The highest BCUT2D eigenvalue weighted by Gasteiger charge is 2.36. The summed E-state index contributed by atoms with van der Waals surface area (Å²) in [5.41, 5.74) is 1.36. The summed E-state index contributed by atoms with van der Waals surface area (Å²) in [6, 6.07) is 16.4. The number of imidazole rings is 1. The van der Waals surface area contributed by atoms with Crippen LogP contribution in [0.1, 0.15) is 90.4 Å². The van der Waals surface area contributed by atoms with Crippen LogP contribution in [0.15, 0.2) is 79.4 Å². The number of hydrogen-bond acceptors (Lipinski definition) is 8. The number of aromatic amines is 1. The quantitative estimate of drug-likeness (QED) is 0.0648. The third-order valence-corrected chi connectivity index (χ3v) is 11.4. The summed E-state index contributed by atoms with van der Waals surface area (Å²) in [6.45, 7) is 7.66. The van der Waals surface area contributed by atoms with Crippen LogP contribution in [0.2, 0.25) is 0 Å². The Bertz CT molecular complexity index is 1890. The molecule has 13 heteroatoms. The number of aliphatic hydroxyl groups excluding tert-OH is 1. The fourth-order valence-corrected chi connectivity index (χ4v) is 7.76. The van der Waals surface area contributed by atoms with Crippen molar-refractivity contribution in [1.29, 1.82) is 0 Å². The van der Waals surface area contributed by atoms with E-state index in [9.17, 15) is 24.3 Å². The zero-order valence-electron chi connectivity index (χ0n) is 34.3. The van der Waals surface area contributed by atoms with Crippen molar-refractivity contribution in [3.8, 4) is 5.75 Å². The van der Waals surface area contributed by atoms with Gasteiger partial charge in [-0.1, -0.05) is 109 Å². The second-order valence-electron chi connectivity index (χ2n) is 16.1. The Morgan fingerprint density at radius 3 is 2.36 bits per heavy atom. The van der Waals surface area contributed by atoms with Crippen molar-refractivity contribution in [3.63, 3.8) is 0 Å². The van der Waals surface area contributed by atoms with Crippen molar-refractivity contribution in [3.05, 3.63) is 90.8 Å². The lowest BCUT2D eigenvalue weighted by molar-refractivity contribution is -0.134. The summed E-state index contributed by atoms with van der Waals surface area (Å²) in [5, 5.41) is 25.7. The molecule has 2 unspecified atom stereocenters. The number of aliphatic hydroxyl groups is 1. The summed E-state index contributed by atoms with van der Waals surface area (Å²) in [7, 11) is 0. The van der Waals surface area contributed by atoms with E-state index in [4.69, 9.17) is 4.74 Å². The highest BCUT2D eigenvalue weighted by Crippen LogP contribution is 2.30. The van der Waals surface area contributed by atoms with E-state index in [1.54, 1.807) is 24.5 Å². The van der Waals surface area contributed by atoms with Crippen LogP contribution >= 0.6 is 0 Å². The summed E-state index contributed by atoms with van der Waals surface area (Å²) in [4.78, 5) is 66.5. The minimum absolute atomic E-state index is 0.0698. The lowest BCUT2D eigenvalue weighted by atomic mass is 9.81. The van der Waals surface area contributed by atoms with Crippen LogP contribution in [0.5, 0.6) is 5.75 Å². The van der Waals surface area contributed by atoms with Gasteiger partial charge in [-0.05, 0) is 54.2 Å². The van der Waals surface area contributed by atoms with Gasteiger partial charge in [0.1, 0.15) is 17.8 Å². The molecular formula is C45H61N7O6. The first kappa shape index (κ1) is 43.8. The number of carbonyl (C=O) groups is 4. The predicted octanol–water partition coefficient (Wildman–Crippen LogP) is 5.39. The summed E-state index contributed by atoms with van der Waals surface area (Å²) in [5.74, 6) is -1.70. The average molecular weight is 796 g/mol. The highest BCUT2D eigenvalue weighted by molar-refractivity contribution is 5.91. The lowest BCUT2D eigenvalue weighted by Gasteiger charge is -2.34. The number of nitrogens with one attached hydrogen (secondary N) is 5. The molecular weight excluding hydrogens is 735 g/mol. The van der Waals surface area contributed by atoms with E-state index in [1.165, 1.54) is 6.33 Å². The Morgan fingerprint density at radius 1 is 0.897 bits per heavy atom. The lowest BCUT2D eigenvalue weighted by Crippen LogP contribution is -2.55. The second kappa shape index (κ2) is 22.0. The van der Waals surface area contributed by atoms with E-state index in [2.05, 4.69) is 36.2 Å². The summed E-state index contributed by atoms with van der Waals surface area (Å²) in [6.07, 6.45) is 10.4. The number of aromatic nitrogens is 3. The SMILES string of the molecule is CC[C@H](C)C(NC(=O)[C@@H](C[C@H](O)C(CC1CCCCC1)NC(=O)[C@H](Cc1cnc[nH]1)NC(=O)COc1cccc2ccccc12)C(C)C)C(=O)NCc1ccccn1. The van der Waals surface area contributed by atoms with Crippen LogP contribution in [0.3, 0.4) is 0 Å². The molecule has 1 saturated carbocycles. The van der Waals surface area contributed by atoms with Gasteiger partial charge in [0, 0.05) is 35.8 Å². The van der Waals surface area contributed by atoms with E-state index >= 15 is 0 Å². The van der Waals surface area contributed by atoms with E-state index in [0.717, 1.165) is 42.9 Å². The van der Waals surface area contributed by atoms with Gasteiger partial charge >= 0.3 is 0 Å². The van der Waals surface area contributed by atoms with Gasteiger partial charge in [-0.2, -0.15) is 0 Å². The van der Waals surface area contributed by atoms with Crippen molar-refractivity contribution in [2.24, 2.45) is 23.7 Å². The fraction of sp³-hybridized carbons (Fsp3) is 0.511. The van der Waals surface area contributed by atoms with Crippen molar-refractivity contribution in [2.75, 3.05) is 6.61 Å². The first-order chi connectivity index (χ1) is 28.0. The third kappa shape index (κ3) is 12.9. The van der Waals surface area contributed by atoms with Crippen LogP contribution in [-0.2, 0) is 32.1 Å². The number of benzene rings is 2. The maximum atomic E-state index is 14.2. The molecule has 0 spiro atoms. The molecule has 312 valence electrons. The summed E-state index contributed by atoms with van der Waals surface area (Å²) >= 11 is 0. The molecule has 13 nitrogen and oxygen atoms in total. The number of pyridine rings is 1. The molecule has 1 fully saturated rings. The standard InChI is InChI=1S/C45H61N7O6/c1-5-30(4)42(45(57)48-26-33-18-11-12-21-47-33)52-43(55)36(29(2)3)24-39(53)37(22-31-14-7-6-8-15-31)51-44(56)38(23-34-25-46-28-49-34)50-41(54)27-58-40-20-13-17-32-16-9-10-19-35(32)40/h9-13,16-21,25,28-31,36-39,42,53H,5-8,14-15,22-24,26-27H2,1-4H3,(H,46,49)(H,48,57)(H,50,54)(H,51,56)(H,52,55)/t30-,36-,37?,38-,39-,42?/m0/s1. The van der Waals surface area contributed by atoms with Gasteiger partial charge in [-0.3, -0.25) is 24.2 Å². The number of nitrogens with zero attached hydrogens (tertiary/aromatic N) is 2. The molecule has 4 aromatic rings. The third-order valence-electron chi connectivity index (χ3n) is 11.4. The van der Waals surface area contributed by atoms with Gasteiger partial charge in [0.05, 0.1) is 30.7 Å². The Kier molecular flexibility index (Phi) is 16.6. The zero-order chi connectivity index (χ0) is 41.4. The van der Waals surface area contributed by atoms with E-state index in [1.807, 2.05) is 76.2 Å². The number of hydrogen-bond donors (Lipinski definition) is 6. The average Bonchev–Trinajstić information content (AvgIpc) is 3.76. The van der Waals surface area contributed by atoms with Gasteiger partial charge in [0.25, 0.3) is 5.91 Å². The van der Waals surface area contributed by atoms with Crippen molar-refractivity contribution in [1.82, 2.24) is 36.2 Å². The molecule has 1 aliphatic rings. The molecule has 0 aliphatic heterocycles. The normalized spacial score (nSPS) is 16.4. The molecule has 4 amide bonds. The topological polar surface area (TPSA) is 187 Å². The molecule has 0 bridgehead atoms. The van der Waals surface area contributed by atoms with Crippen LogP contribution in [0, 0.1) is 23.7 Å². The van der Waals surface area contributed by atoms with Crippen molar-refractivity contribution in [2.45, 2.75) is 116 Å². The van der Waals surface area contributed by atoms with Gasteiger partial charge in [0.2, 0.25) is 17.7 Å². The molecule has 0 radical (unpaired) electrons. The van der Waals surface area contributed by atoms with Crippen LogP contribution in [0.4, 0.5) is 0 Å². The second-order valence-corrected chi connectivity index (χ2v) is 16.1. The van der Waals surface area contributed by atoms with E-state index in [-0.39, 0.29) is 55.6 Å². The molecule has 1 aliphatic carbocycles. The highest BCUT2D eigenvalue weighted by atomic mass is 16.5. The van der Waals surface area contributed by atoms with Crippen molar-refractivity contribution >= 4 is 34.4 Å². The Hall–Kier alpha value is -5.30. The predicted molar refractivity (Wildman–Crippen MR) is 223 cm³/mol. The first-order valence-electron chi connectivity index (χ1n) is 20.9. The van der Waals surface area contributed by atoms with Crippen LogP contribution < -0.4 is 26.0 Å². The molecule has 2 heterocycles. The number of carbonyl (C=O) groups excluding carboxylic acids is 4. The fourth-order valence-electron chi connectivity index (χ4n) is 7.76. The number of rotatable bonds is 21. The smallest absolute Gasteiger partial charge is 0.258 e. The van der Waals surface area contributed by atoms with Crippen LogP contribution in [-0.4, -0.2) is 74.5 Å². The number of H-pyrrole nitrogens is 1. The molecule has 2 aromatic heterocycles. The monoisotopic (exact) mass is 795 g/mol. The van der Waals surface area contributed by atoms with Crippen LogP contribution in [0.25, 0.3) is 10.8 Å². The maximum absolute atomic E-state index is 14.2. The van der Waals surface area contributed by atoms with Gasteiger partial charge < -0.3 is 36.1 Å². The number of ether oxygens (including phenoxy) is 1. The zero-order valence-corrected chi connectivity index (χ0v) is 34.3. The Labute approximate surface area is 341 Å². The molecule has 2 aromatic carbocycles.